The summed E-state index contributed by atoms with van der Waals surface area (Å²) in [6.07, 6.45) is 2.07. The maximum Gasteiger partial charge on any atom is 0.321 e. The number of nitrogens with zero attached hydrogens (tertiary/aromatic N) is 4. The van der Waals surface area contributed by atoms with Crippen molar-refractivity contribution < 1.29 is 4.79 Å². The molecule has 8 heteroatoms. The molecule has 6 nitrogen and oxygen atoms in total. The van der Waals surface area contributed by atoms with E-state index in [0.717, 1.165) is 50.1 Å². The average molecular weight is 529 g/mol. The number of aromatic nitrogens is 2. The van der Waals surface area contributed by atoms with Gasteiger partial charge < -0.3 is 19.5 Å². The van der Waals surface area contributed by atoms with Crippen LogP contribution >= 0.6 is 31.9 Å². The Kier molecular flexibility index (Phi) is 5.12. The Hall–Kier alpha value is -2.58. The second kappa shape index (κ2) is 7.92. The summed E-state index contributed by atoms with van der Waals surface area (Å²) in [5.41, 5.74) is 3.89. The van der Waals surface area contributed by atoms with E-state index in [4.69, 9.17) is 4.98 Å². The van der Waals surface area contributed by atoms with Crippen LogP contribution in [0.25, 0.3) is 16.6 Å². The van der Waals surface area contributed by atoms with Crippen LogP contribution in [0.3, 0.4) is 0 Å². The van der Waals surface area contributed by atoms with Gasteiger partial charge in [-0.05, 0) is 48.5 Å². The van der Waals surface area contributed by atoms with Crippen LogP contribution in [0.2, 0.25) is 0 Å². The Morgan fingerprint density at radius 2 is 1.70 bits per heavy atom. The summed E-state index contributed by atoms with van der Waals surface area (Å²) in [7, 11) is 0. The predicted molar refractivity (Wildman–Crippen MR) is 127 cm³/mol. The highest BCUT2D eigenvalue weighted by Gasteiger charge is 2.24. The highest BCUT2D eigenvalue weighted by Crippen LogP contribution is 2.28. The van der Waals surface area contributed by atoms with Crippen molar-refractivity contribution in [3.8, 4) is 0 Å². The number of carbonyl (C=O) groups is 1. The minimum atomic E-state index is -0.0732. The number of fused-ring (bicyclic) bond motifs is 3. The van der Waals surface area contributed by atoms with Gasteiger partial charge in [-0.25, -0.2) is 9.78 Å². The molecule has 1 saturated heterocycles. The third-order valence-corrected chi connectivity index (χ3v) is 6.33. The van der Waals surface area contributed by atoms with Gasteiger partial charge in [0.25, 0.3) is 0 Å². The number of hydrogen-bond acceptors (Lipinski definition) is 3. The standard InChI is InChI=1S/C22H19Br2N5O/c23-15-3-1-4-17(13-15)25-22(30)28-11-9-27(10-12-28)21-20-5-2-8-29(20)19-7-6-16(24)14-18(19)26-21/h1-8,13-14H,9-12H2,(H,25,30). The lowest BCUT2D eigenvalue weighted by molar-refractivity contribution is 0.208. The van der Waals surface area contributed by atoms with E-state index in [1.165, 1.54) is 0 Å². The second-order valence-electron chi connectivity index (χ2n) is 7.25. The van der Waals surface area contributed by atoms with Crippen LogP contribution in [0, 0.1) is 0 Å². The number of benzene rings is 2. The first-order valence-electron chi connectivity index (χ1n) is 9.71. The summed E-state index contributed by atoms with van der Waals surface area (Å²) in [4.78, 5) is 21.7. The smallest absolute Gasteiger partial charge is 0.321 e. The average Bonchev–Trinajstić information content (AvgIpc) is 3.23. The van der Waals surface area contributed by atoms with Crippen LogP contribution in [0.15, 0.2) is 69.7 Å². The van der Waals surface area contributed by atoms with Crippen molar-refractivity contribution >= 4 is 65.9 Å². The van der Waals surface area contributed by atoms with E-state index in [0.29, 0.717) is 13.1 Å². The van der Waals surface area contributed by atoms with E-state index < -0.39 is 0 Å². The number of piperazine rings is 1. The topological polar surface area (TPSA) is 52.9 Å². The van der Waals surface area contributed by atoms with E-state index in [2.05, 4.69) is 64.8 Å². The van der Waals surface area contributed by atoms with Gasteiger partial charge in [0.05, 0.1) is 16.6 Å². The first-order valence-corrected chi connectivity index (χ1v) is 11.3. The number of urea groups is 1. The molecule has 0 spiro atoms. The fourth-order valence-corrected chi connectivity index (χ4v) is 4.61. The van der Waals surface area contributed by atoms with Crippen molar-refractivity contribution in [2.75, 3.05) is 36.4 Å². The van der Waals surface area contributed by atoms with Gasteiger partial charge in [-0.2, -0.15) is 0 Å². The summed E-state index contributed by atoms with van der Waals surface area (Å²) >= 11 is 6.98. The summed E-state index contributed by atoms with van der Waals surface area (Å²) in [6, 6.07) is 17.8. The maximum atomic E-state index is 12.7. The molecule has 1 fully saturated rings. The Balaban J connectivity index is 1.35. The third-order valence-electron chi connectivity index (χ3n) is 5.34. The predicted octanol–water partition coefficient (Wildman–Crippen LogP) is 5.37. The zero-order valence-electron chi connectivity index (χ0n) is 16.1. The van der Waals surface area contributed by atoms with Gasteiger partial charge in [0, 0.05) is 47.0 Å². The molecule has 1 aliphatic rings. The first kappa shape index (κ1) is 19.4. The van der Waals surface area contributed by atoms with Crippen molar-refractivity contribution in [1.29, 1.82) is 0 Å². The van der Waals surface area contributed by atoms with Crippen LogP contribution in [0.5, 0.6) is 0 Å². The summed E-state index contributed by atoms with van der Waals surface area (Å²) < 4.78 is 4.13. The first-order chi connectivity index (χ1) is 14.6. The molecule has 1 N–H and O–H groups in total. The molecule has 0 bridgehead atoms. The molecule has 0 atom stereocenters. The molecule has 4 aromatic rings. The number of amides is 2. The molecular weight excluding hydrogens is 510 g/mol. The monoisotopic (exact) mass is 527 g/mol. The molecule has 0 aliphatic carbocycles. The number of hydrogen-bond donors (Lipinski definition) is 1. The summed E-state index contributed by atoms with van der Waals surface area (Å²) in [6.45, 7) is 2.76. The molecule has 2 aromatic heterocycles. The third kappa shape index (κ3) is 3.65. The second-order valence-corrected chi connectivity index (χ2v) is 9.08. The van der Waals surface area contributed by atoms with E-state index >= 15 is 0 Å². The molecule has 1 aliphatic heterocycles. The van der Waals surface area contributed by atoms with Crippen LogP contribution in [0.1, 0.15) is 0 Å². The molecule has 30 heavy (non-hydrogen) atoms. The molecule has 2 amide bonds. The SMILES string of the molecule is O=C(Nc1cccc(Br)c1)N1CCN(c2nc3cc(Br)ccc3n3cccc23)CC1. The zero-order valence-corrected chi connectivity index (χ0v) is 19.2. The largest absolute Gasteiger partial charge is 0.351 e. The van der Waals surface area contributed by atoms with Crippen molar-refractivity contribution in [2.24, 2.45) is 0 Å². The number of anilines is 2. The maximum absolute atomic E-state index is 12.7. The summed E-state index contributed by atoms with van der Waals surface area (Å²) in [5, 5.41) is 2.98. The van der Waals surface area contributed by atoms with E-state index in [1.54, 1.807) is 0 Å². The molecule has 0 saturated carbocycles. The Morgan fingerprint density at radius 3 is 2.50 bits per heavy atom. The lowest BCUT2D eigenvalue weighted by Gasteiger charge is -2.35. The van der Waals surface area contributed by atoms with Crippen LogP contribution in [0.4, 0.5) is 16.3 Å². The van der Waals surface area contributed by atoms with Crippen molar-refractivity contribution in [2.45, 2.75) is 0 Å². The molecule has 2 aromatic carbocycles. The number of nitrogens with one attached hydrogen (secondary N) is 1. The van der Waals surface area contributed by atoms with Crippen LogP contribution in [-0.4, -0.2) is 46.5 Å². The molecule has 0 unspecified atom stereocenters. The quantitative estimate of drug-likeness (QED) is 0.380. The van der Waals surface area contributed by atoms with Crippen molar-refractivity contribution in [3.05, 3.63) is 69.7 Å². The Labute approximate surface area is 190 Å². The van der Waals surface area contributed by atoms with Crippen molar-refractivity contribution in [3.63, 3.8) is 0 Å². The van der Waals surface area contributed by atoms with Gasteiger partial charge in [0.15, 0.2) is 5.82 Å². The van der Waals surface area contributed by atoms with Gasteiger partial charge in [-0.3, -0.25) is 0 Å². The van der Waals surface area contributed by atoms with Gasteiger partial charge in [0.1, 0.15) is 0 Å². The van der Waals surface area contributed by atoms with Crippen LogP contribution < -0.4 is 10.2 Å². The Morgan fingerprint density at radius 1 is 0.900 bits per heavy atom. The summed E-state index contributed by atoms with van der Waals surface area (Å²) in [5.74, 6) is 0.956. The number of halogens is 2. The van der Waals surface area contributed by atoms with Gasteiger partial charge in [-0.1, -0.05) is 37.9 Å². The molecular formula is C22H19Br2N5O. The zero-order chi connectivity index (χ0) is 20.7. The number of carbonyl (C=O) groups excluding carboxylic acids is 1. The highest BCUT2D eigenvalue weighted by atomic mass is 79.9. The van der Waals surface area contributed by atoms with Gasteiger partial charge in [0.2, 0.25) is 0 Å². The molecule has 0 radical (unpaired) electrons. The normalized spacial score (nSPS) is 14.5. The van der Waals surface area contributed by atoms with E-state index in [-0.39, 0.29) is 6.03 Å². The minimum Gasteiger partial charge on any atom is -0.351 e. The molecule has 152 valence electrons. The lowest BCUT2D eigenvalue weighted by atomic mass is 10.2. The minimum absolute atomic E-state index is 0.0732. The fraction of sp³-hybridized carbons (Fsp3) is 0.182. The van der Waals surface area contributed by atoms with E-state index in [1.807, 2.05) is 47.4 Å². The van der Waals surface area contributed by atoms with Gasteiger partial charge >= 0.3 is 6.03 Å². The molecule has 5 rings (SSSR count). The van der Waals surface area contributed by atoms with E-state index in [9.17, 15) is 4.79 Å². The molecule has 3 heterocycles. The fourth-order valence-electron chi connectivity index (χ4n) is 3.86. The Bertz CT molecular complexity index is 1250. The van der Waals surface area contributed by atoms with Crippen molar-refractivity contribution in [1.82, 2.24) is 14.3 Å². The van der Waals surface area contributed by atoms with Crippen LogP contribution in [-0.2, 0) is 0 Å². The van der Waals surface area contributed by atoms with Gasteiger partial charge in [-0.15, -0.1) is 0 Å². The highest BCUT2D eigenvalue weighted by molar-refractivity contribution is 9.10. The number of rotatable bonds is 2. The lowest BCUT2D eigenvalue weighted by Crippen LogP contribution is -2.50.